The monoisotopic (exact) mass is 280 g/mol. The highest BCUT2D eigenvalue weighted by atomic mass is 16.2. The van der Waals surface area contributed by atoms with Crippen molar-refractivity contribution in [3.05, 3.63) is 70.8 Å². The third-order valence-corrected chi connectivity index (χ3v) is 3.42. The van der Waals surface area contributed by atoms with Gasteiger partial charge in [-0.15, -0.1) is 0 Å². The second kappa shape index (κ2) is 6.84. The first-order chi connectivity index (χ1) is 10.1. The maximum atomic E-state index is 12.1. The Labute approximate surface area is 125 Å². The lowest BCUT2D eigenvalue weighted by Gasteiger charge is -2.07. The molecule has 0 aromatic heterocycles. The lowest BCUT2D eigenvalue weighted by Crippen LogP contribution is -2.19. The Hall–Kier alpha value is -2.42. The molecule has 3 heteroatoms. The normalized spacial score (nSPS) is 12.3. The van der Waals surface area contributed by atoms with E-state index in [1.165, 1.54) is 5.56 Å². The van der Waals surface area contributed by atoms with E-state index in [-0.39, 0.29) is 11.8 Å². The fourth-order valence-corrected chi connectivity index (χ4v) is 2.18. The van der Waals surface area contributed by atoms with Crippen LogP contribution >= 0.6 is 0 Å². The summed E-state index contributed by atoms with van der Waals surface area (Å²) in [6.45, 7) is 5.98. The van der Waals surface area contributed by atoms with Crippen LogP contribution in [0.15, 0.2) is 53.6 Å². The van der Waals surface area contributed by atoms with E-state index in [0.717, 1.165) is 11.1 Å². The first-order valence-electron chi connectivity index (χ1n) is 7.03. The molecular formula is C18H20N2O. The standard InChI is InChI=1S/C18H20N2O/c1-13-9-10-17(14(2)11-13)18(21)20-19-12-15(3)16-7-5-4-6-8-16/h4-12,15H,1-3H3,(H,20,21)/b19-12-/t15-/m0/s1. The van der Waals surface area contributed by atoms with Crippen LogP contribution in [0.4, 0.5) is 0 Å². The second-order valence-corrected chi connectivity index (χ2v) is 5.24. The summed E-state index contributed by atoms with van der Waals surface area (Å²) in [7, 11) is 0. The Balaban J connectivity index is 1.99. The summed E-state index contributed by atoms with van der Waals surface area (Å²) in [5.74, 6) is -0.0189. The van der Waals surface area contributed by atoms with E-state index >= 15 is 0 Å². The molecule has 0 saturated heterocycles. The first-order valence-corrected chi connectivity index (χ1v) is 7.03. The third kappa shape index (κ3) is 4.02. The Kier molecular flexibility index (Phi) is 4.88. The van der Waals surface area contributed by atoms with Crippen LogP contribution in [0.1, 0.15) is 39.9 Å². The highest BCUT2D eigenvalue weighted by Gasteiger charge is 2.08. The third-order valence-electron chi connectivity index (χ3n) is 3.42. The molecule has 0 unspecified atom stereocenters. The molecule has 1 N–H and O–H groups in total. The van der Waals surface area contributed by atoms with E-state index in [0.29, 0.717) is 5.56 Å². The summed E-state index contributed by atoms with van der Waals surface area (Å²) in [6, 6.07) is 15.8. The van der Waals surface area contributed by atoms with Crippen LogP contribution < -0.4 is 5.43 Å². The molecule has 0 aliphatic rings. The summed E-state index contributed by atoms with van der Waals surface area (Å²) >= 11 is 0. The lowest BCUT2D eigenvalue weighted by atomic mass is 10.0. The number of amides is 1. The fourth-order valence-electron chi connectivity index (χ4n) is 2.18. The van der Waals surface area contributed by atoms with Crippen LogP contribution in [0.3, 0.4) is 0 Å². The minimum Gasteiger partial charge on any atom is -0.267 e. The molecule has 0 heterocycles. The van der Waals surface area contributed by atoms with Gasteiger partial charge >= 0.3 is 0 Å². The Morgan fingerprint density at radius 1 is 1.14 bits per heavy atom. The average Bonchev–Trinajstić information content (AvgIpc) is 2.47. The van der Waals surface area contributed by atoms with Gasteiger partial charge in [-0.05, 0) is 31.0 Å². The van der Waals surface area contributed by atoms with Gasteiger partial charge in [0.1, 0.15) is 0 Å². The van der Waals surface area contributed by atoms with Gasteiger partial charge in [0, 0.05) is 17.7 Å². The van der Waals surface area contributed by atoms with Crippen LogP contribution in [-0.2, 0) is 0 Å². The van der Waals surface area contributed by atoms with Gasteiger partial charge in [-0.2, -0.15) is 5.10 Å². The van der Waals surface area contributed by atoms with Crippen LogP contribution in [0.25, 0.3) is 0 Å². The van der Waals surface area contributed by atoms with Crippen molar-refractivity contribution < 1.29 is 4.79 Å². The highest BCUT2D eigenvalue weighted by molar-refractivity contribution is 5.95. The van der Waals surface area contributed by atoms with Crippen LogP contribution in [0.2, 0.25) is 0 Å². The molecule has 3 nitrogen and oxygen atoms in total. The summed E-state index contributed by atoms with van der Waals surface area (Å²) in [5.41, 5.74) is 6.52. The quantitative estimate of drug-likeness (QED) is 0.671. The largest absolute Gasteiger partial charge is 0.271 e. The van der Waals surface area contributed by atoms with Gasteiger partial charge in [0.25, 0.3) is 5.91 Å². The Morgan fingerprint density at radius 3 is 2.52 bits per heavy atom. The van der Waals surface area contributed by atoms with Crippen molar-refractivity contribution >= 4 is 12.1 Å². The summed E-state index contributed by atoms with van der Waals surface area (Å²) in [5, 5.41) is 4.06. The molecule has 0 saturated carbocycles. The van der Waals surface area contributed by atoms with Crippen molar-refractivity contribution in [3.8, 4) is 0 Å². The average molecular weight is 280 g/mol. The van der Waals surface area contributed by atoms with Gasteiger partial charge in [0.15, 0.2) is 0 Å². The van der Waals surface area contributed by atoms with E-state index in [1.807, 2.05) is 69.3 Å². The molecule has 0 spiro atoms. The number of nitrogens with one attached hydrogen (secondary N) is 1. The number of hydrazone groups is 1. The van der Waals surface area contributed by atoms with Crippen molar-refractivity contribution in [2.45, 2.75) is 26.7 Å². The van der Waals surface area contributed by atoms with E-state index in [1.54, 1.807) is 6.21 Å². The molecule has 0 aliphatic heterocycles. The van der Waals surface area contributed by atoms with E-state index in [9.17, 15) is 4.79 Å². The molecule has 2 aromatic carbocycles. The molecule has 0 bridgehead atoms. The van der Waals surface area contributed by atoms with Gasteiger partial charge in [0.05, 0.1) is 0 Å². The molecule has 2 rings (SSSR count). The topological polar surface area (TPSA) is 41.5 Å². The fraction of sp³-hybridized carbons (Fsp3) is 0.222. The molecule has 1 amide bonds. The van der Waals surface area contributed by atoms with Gasteiger partial charge < -0.3 is 0 Å². The number of nitrogens with zero attached hydrogens (tertiary/aromatic N) is 1. The summed E-state index contributed by atoms with van der Waals surface area (Å²) in [4.78, 5) is 12.1. The van der Waals surface area contributed by atoms with Crippen molar-refractivity contribution in [3.63, 3.8) is 0 Å². The highest BCUT2D eigenvalue weighted by Crippen LogP contribution is 2.12. The number of aryl methyl sites for hydroxylation is 2. The minimum absolute atomic E-state index is 0.158. The lowest BCUT2D eigenvalue weighted by molar-refractivity contribution is 0.0954. The SMILES string of the molecule is Cc1ccc(C(=O)N/N=C\[C@H](C)c2ccccc2)c(C)c1. The number of hydrogen-bond acceptors (Lipinski definition) is 2. The maximum absolute atomic E-state index is 12.1. The Bertz CT molecular complexity index is 648. The van der Waals surface area contributed by atoms with Gasteiger partial charge in [-0.25, -0.2) is 5.43 Å². The van der Waals surface area contributed by atoms with Gasteiger partial charge in [-0.3, -0.25) is 4.79 Å². The second-order valence-electron chi connectivity index (χ2n) is 5.24. The van der Waals surface area contributed by atoms with E-state index in [2.05, 4.69) is 10.5 Å². The summed E-state index contributed by atoms with van der Waals surface area (Å²) in [6.07, 6.45) is 1.75. The smallest absolute Gasteiger partial charge is 0.267 e. The molecule has 0 aliphatic carbocycles. The molecule has 2 aromatic rings. The van der Waals surface area contributed by atoms with Crippen molar-refractivity contribution in [1.29, 1.82) is 0 Å². The van der Waals surface area contributed by atoms with Crippen LogP contribution in [0.5, 0.6) is 0 Å². The van der Waals surface area contributed by atoms with E-state index in [4.69, 9.17) is 0 Å². The number of rotatable bonds is 4. The number of carbonyl (C=O) groups is 1. The molecule has 1 atom stereocenters. The molecule has 0 radical (unpaired) electrons. The first kappa shape index (κ1) is 15.0. The van der Waals surface area contributed by atoms with Crippen molar-refractivity contribution in [2.24, 2.45) is 5.10 Å². The van der Waals surface area contributed by atoms with Crippen molar-refractivity contribution in [1.82, 2.24) is 5.43 Å². The predicted octanol–water partition coefficient (Wildman–Crippen LogP) is 3.82. The zero-order valence-corrected chi connectivity index (χ0v) is 12.6. The molecular weight excluding hydrogens is 260 g/mol. The van der Waals surface area contributed by atoms with Gasteiger partial charge in [0.2, 0.25) is 0 Å². The molecule has 21 heavy (non-hydrogen) atoms. The minimum atomic E-state index is -0.177. The number of carbonyl (C=O) groups excluding carboxylic acids is 1. The zero-order valence-electron chi connectivity index (χ0n) is 12.6. The summed E-state index contributed by atoms with van der Waals surface area (Å²) < 4.78 is 0. The number of hydrogen-bond donors (Lipinski definition) is 1. The van der Waals surface area contributed by atoms with Crippen LogP contribution in [-0.4, -0.2) is 12.1 Å². The maximum Gasteiger partial charge on any atom is 0.271 e. The molecule has 0 fully saturated rings. The Morgan fingerprint density at radius 2 is 1.86 bits per heavy atom. The predicted molar refractivity (Wildman–Crippen MR) is 86.7 cm³/mol. The number of benzene rings is 2. The van der Waals surface area contributed by atoms with Crippen LogP contribution in [0, 0.1) is 13.8 Å². The van der Waals surface area contributed by atoms with Crippen molar-refractivity contribution in [2.75, 3.05) is 0 Å². The van der Waals surface area contributed by atoms with Gasteiger partial charge in [-0.1, -0.05) is 55.0 Å². The molecule has 108 valence electrons. The zero-order chi connectivity index (χ0) is 15.2. The van der Waals surface area contributed by atoms with E-state index < -0.39 is 0 Å².